The van der Waals surface area contributed by atoms with Crippen molar-refractivity contribution in [2.75, 3.05) is 16.9 Å². The van der Waals surface area contributed by atoms with Crippen molar-refractivity contribution < 1.29 is 17.6 Å². The molecule has 5 nitrogen and oxygen atoms in total. The molecule has 114 valence electrons. The summed E-state index contributed by atoms with van der Waals surface area (Å²) in [4.78, 5) is 5.73. The Balaban J connectivity index is 2.35. The Bertz CT molecular complexity index is 584. The van der Waals surface area contributed by atoms with Gasteiger partial charge in [0.05, 0.1) is 18.4 Å². The van der Waals surface area contributed by atoms with Gasteiger partial charge in [-0.1, -0.05) is 0 Å². The van der Waals surface area contributed by atoms with E-state index in [0.29, 0.717) is 18.8 Å². The summed E-state index contributed by atoms with van der Waals surface area (Å²) in [5.41, 5.74) is 1.35. The second-order valence-corrected chi connectivity index (χ2v) is 4.33. The molecule has 2 aromatic rings. The van der Waals surface area contributed by atoms with Crippen LogP contribution in [-0.2, 0) is 12.7 Å². The van der Waals surface area contributed by atoms with E-state index in [1.807, 2.05) is 6.92 Å². The summed E-state index contributed by atoms with van der Waals surface area (Å²) in [6.45, 7) is 2.61. The van der Waals surface area contributed by atoms with Gasteiger partial charge in [-0.25, -0.2) is 10.8 Å². The second-order valence-electron chi connectivity index (χ2n) is 4.33. The molecule has 0 saturated heterocycles. The highest BCUT2D eigenvalue weighted by Gasteiger charge is 2.32. The molecule has 21 heavy (non-hydrogen) atoms. The van der Waals surface area contributed by atoms with E-state index in [-0.39, 0.29) is 11.6 Å². The molecule has 3 N–H and O–H groups in total. The predicted octanol–water partition coefficient (Wildman–Crippen LogP) is 3.01. The van der Waals surface area contributed by atoms with Crippen molar-refractivity contribution in [3.05, 3.63) is 41.9 Å². The minimum absolute atomic E-state index is 0.0438. The minimum Gasteiger partial charge on any atom is -0.467 e. The first kappa shape index (κ1) is 15.2. The summed E-state index contributed by atoms with van der Waals surface area (Å²) in [6.07, 6.45) is -2.96. The van der Waals surface area contributed by atoms with Crippen LogP contribution in [0.5, 0.6) is 0 Å². The van der Waals surface area contributed by atoms with Gasteiger partial charge < -0.3 is 14.7 Å². The number of alkyl halides is 3. The van der Waals surface area contributed by atoms with E-state index in [4.69, 9.17) is 10.3 Å². The van der Waals surface area contributed by atoms with Gasteiger partial charge in [0.15, 0.2) is 0 Å². The second kappa shape index (κ2) is 6.04. The van der Waals surface area contributed by atoms with Crippen LogP contribution in [-0.4, -0.2) is 11.5 Å². The summed E-state index contributed by atoms with van der Waals surface area (Å²) in [5, 5.41) is 0. The molecule has 0 fully saturated rings. The fourth-order valence-corrected chi connectivity index (χ4v) is 1.86. The van der Waals surface area contributed by atoms with Gasteiger partial charge in [0.2, 0.25) is 0 Å². The Kier molecular flexibility index (Phi) is 4.37. The summed E-state index contributed by atoms with van der Waals surface area (Å²) >= 11 is 0. The Morgan fingerprint density at radius 1 is 1.38 bits per heavy atom. The van der Waals surface area contributed by atoms with Crippen LogP contribution in [0.4, 0.5) is 24.8 Å². The molecule has 0 unspecified atom stereocenters. The number of furan rings is 1. The third kappa shape index (κ3) is 3.66. The van der Waals surface area contributed by atoms with Crippen LogP contribution in [0.25, 0.3) is 0 Å². The van der Waals surface area contributed by atoms with Gasteiger partial charge in [0.1, 0.15) is 17.4 Å². The molecule has 8 heteroatoms. The number of rotatable bonds is 5. The molecule has 2 aromatic heterocycles. The lowest BCUT2D eigenvalue weighted by Gasteiger charge is -2.22. The third-order valence-electron chi connectivity index (χ3n) is 2.92. The normalized spacial score (nSPS) is 11.5. The van der Waals surface area contributed by atoms with Crippen LogP contribution in [0.15, 0.2) is 34.9 Å². The topological polar surface area (TPSA) is 67.3 Å². The lowest BCUT2D eigenvalue weighted by molar-refractivity contribution is -0.137. The lowest BCUT2D eigenvalue weighted by atomic mass is 10.2. The summed E-state index contributed by atoms with van der Waals surface area (Å²) in [5.74, 6) is 5.96. The zero-order valence-corrected chi connectivity index (χ0v) is 11.3. The van der Waals surface area contributed by atoms with Crippen LogP contribution in [0.3, 0.4) is 0 Å². The van der Waals surface area contributed by atoms with E-state index < -0.39 is 11.7 Å². The minimum atomic E-state index is -4.46. The molecule has 0 aromatic carbocycles. The van der Waals surface area contributed by atoms with Crippen LogP contribution in [0.2, 0.25) is 0 Å². The van der Waals surface area contributed by atoms with Crippen LogP contribution >= 0.6 is 0 Å². The Morgan fingerprint density at radius 2 is 2.14 bits per heavy atom. The molecular formula is C13H15F3N4O. The van der Waals surface area contributed by atoms with Gasteiger partial charge in [0, 0.05) is 6.54 Å². The van der Waals surface area contributed by atoms with Crippen molar-refractivity contribution in [1.29, 1.82) is 0 Å². The first-order chi connectivity index (χ1) is 9.94. The van der Waals surface area contributed by atoms with Gasteiger partial charge in [-0.15, -0.1) is 0 Å². The number of anilines is 2. The number of hydrogen-bond acceptors (Lipinski definition) is 5. The van der Waals surface area contributed by atoms with E-state index in [0.717, 1.165) is 12.1 Å². The maximum absolute atomic E-state index is 12.9. The van der Waals surface area contributed by atoms with Crippen molar-refractivity contribution in [2.24, 2.45) is 5.84 Å². The zero-order valence-electron chi connectivity index (χ0n) is 11.3. The highest BCUT2D eigenvalue weighted by atomic mass is 19.4. The van der Waals surface area contributed by atoms with Crippen molar-refractivity contribution in [3.8, 4) is 0 Å². The Morgan fingerprint density at radius 3 is 2.67 bits per heavy atom. The Labute approximate surface area is 119 Å². The number of pyridine rings is 1. The largest absolute Gasteiger partial charge is 0.467 e. The van der Waals surface area contributed by atoms with E-state index in [9.17, 15) is 13.2 Å². The van der Waals surface area contributed by atoms with Gasteiger partial charge in [-0.2, -0.15) is 13.2 Å². The van der Waals surface area contributed by atoms with Crippen molar-refractivity contribution in [1.82, 2.24) is 4.98 Å². The first-order valence-corrected chi connectivity index (χ1v) is 6.27. The highest BCUT2D eigenvalue weighted by Crippen LogP contribution is 2.33. The number of aromatic nitrogens is 1. The standard InChI is InChI=1S/C13H15F3N4O/c1-2-20(8-10-4-3-5-21-10)12-7-9(13(14,15)16)6-11(18-12)19-17/h3-7H,2,8,17H2,1H3,(H,18,19). The van der Waals surface area contributed by atoms with Crippen molar-refractivity contribution >= 4 is 11.6 Å². The fraction of sp³-hybridized carbons (Fsp3) is 0.308. The summed E-state index contributed by atoms with van der Waals surface area (Å²) in [7, 11) is 0. The SMILES string of the molecule is CCN(Cc1ccco1)c1cc(C(F)(F)F)cc(NN)n1. The van der Waals surface area contributed by atoms with Crippen molar-refractivity contribution in [2.45, 2.75) is 19.6 Å². The molecule has 0 bridgehead atoms. The summed E-state index contributed by atoms with van der Waals surface area (Å²) in [6, 6.07) is 5.32. The average molecular weight is 300 g/mol. The maximum Gasteiger partial charge on any atom is 0.416 e. The molecule has 0 aliphatic rings. The smallest absolute Gasteiger partial charge is 0.416 e. The van der Waals surface area contributed by atoms with Crippen LogP contribution in [0, 0.1) is 0 Å². The number of halogens is 3. The summed E-state index contributed by atoms with van der Waals surface area (Å²) < 4.78 is 43.9. The molecule has 2 rings (SSSR count). The van der Waals surface area contributed by atoms with Gasteiger partial charge in [-0.05, 0) is 31.2 Å². The lowest BCUT2D eigenvalue weighted by Crippen LogP contribution is -2.24. The molecular weight excluding hydrogens is 285 g/mol. The van der Waals surface area contributed by atoms with Crippen LogP contribution in [0.1, 0.15) is 18.2 Å². The maximum atomic E-state index is 12.9. The average Bonchev–Trinajstić information content (AvgIpc) is 2.96. The number of nitrogens with one attached hydrogen (secondary N) is 1. The molecule has 0 radical (unpaired) electrons. The molecule has 0 aliphatic carbocycles. The van der Waals surface area contributed by atoms with E-state index >= 15 is 0 Å². The predicted molar refractivity (Wildman–Crippen MR) is 72.5 cm³/mol. The zero-order chi connectivity index (χ0) is 15.5. The van der Waals surface area contributed by atoms with Gasteiger partial charge in [-0.3, -0.25) is 0 Å². The third-order valence-corrected chi connectivity index (χ3v) is 2.92. The van der Waals surface area contributed by atoms with Gasteiger partial charge in [0.25, 0.3) is 0 Å². The number of hydrazine groups is 1. The number of nitrogens with two attached hydrogens (primary N) is 1. The first-order valence-electron chi connectivity index (χ1n) is 6.27. The molecule has 0 saturated carbocycles. The fourth-order valence-electron chi connectivity index (χ4n) is 1.86. The van der Waals surface area contributed by atoms with Gasteiger partial charge >= 0.3 is 6.18 Å². The monoisotopic (exact) mass is 300 g/mol. The molecule has 0 atom stereocenters. The molecule has 0 aliphatic heterocycles. The van der Waals surface area contributed by atoms with E-state index in [1.54, 1.807) is 17.0 Å². The van der Waals surface area contributed by atoms with Crippen molar-refractivity contribution in [3.63, 3.8) is 0 Å². The molecule has 0 amide bonds. The number of nitrogens with zero attached hydrogens (tertiary/aromatic N) is 2. The van der Waals surface area contributed by atoms with Crippen LogP contribution < -0.4 is 16.2 Å². The molecule has 0 spiro atoms. The number of nitrogen functional groups attached to an aromatic ring is 1. The Hall–Kier alpha value is -2.22. The van der Waals surface area contributed by atoms with E-state index in [1.165, 1.54) is 6.26 Å². The molecule has 2 heterocycles. The van der Waals surface area contributed by atoms with E-state index in [2.05, 4.69) is 10.4 Å². The number of hydrogen-bond donors (Lipinski definition) is 2. The quantitative estimate of drug-likeness (QED) is 0.656. The highest BCUT2D eigenvalue weighted by molar-refractivity contribution is 5.51.